The molecule has 0 aliphatic carbocycles. The van der Waals surface area contributed by atoms with E-state index in [0.717, 1.165) is 0 Å². The molecule has 0 aromatic heterocycles. The van der Waals surface area contributed by atoms with Gasteiger partial charge in [0.05, 0.1) is 16.7 Å². The smallest absolute Gasteiger partial charge is 0.236 e. The average molecular weight is 321 g/mol. The SMILES string of the molecule is CCC(CS(=O)(=O)c1ccccc1)NC(=O)C(C)N.Cl. The number of rotatable bonds is 6. The van der Waals surface area contributed by atoms with E-state index < -0.39 is 21.9 Å². The summed E-state index contributed by atoms with van der Waals surface area (Å²) in [5.74, 6) is -0.457. The van der Waals surface area contributed by atoms with Crippen LogP contribution in [-0.2, 0) is 14.6 Å². The van der Waals surface area contributed by atoms with Gasteiger partial charge in [-0.05, 0) is 25.5 Å². The fourth-order valence-electron chi connectivity index (χ4n) is 1.58. The van der Waals surface area contributed by atoms with Crippen LogP contribution in [0.5, 0.6) is 0 Å². The van der Waals surface area contributed by atoms with Crippen molar-refractivity contribution in [1.29, 1.82) is 0 Å². The molecule has 0 aliphatic heterocycles. The molecule has 1 amide bonds. The maximum Gasteiger partial charge on any atom is 0.236 e. The third-order valence-corrected chi connectivity index (χ3v) is 4.61. The molecule has 7 heteroatoms. The van der Waals surface area contributed by atoms with Gasteiger partial charge < -0.3 is 11.1 Å². The molecule has 1 aromatic rings. The van der Waals surface area contributed by atoms with Gasteiger partial charge in [0.1, 0.15) is 0 Å². The first kappa shape index (κ1) is 18.9. The van der Waals surface area contributed by atoms with Gasteiger partial charge in [-0.1, -0.05) is 25.1 Å². The number of amides is 1. The molecule has 0 saturated heterocycles. The zero-order valence-corrected chi connectivity index (χ0v) is 13.2. The van der Waals surface area contributed by atoms with Crippen LogP contribution < -0.4 is 11.1 Å². The molecule has 114 valence electrons. The number of nitrogens with two attached hydrogens (primary N) is 1. The quantitative estimate of drug-likeness (QED) is 0.822. The Morgan fingerprint density at radius 2 is 1.85 bits per heavy atom. The maximum atomic E-state index is 12.2. The predicted molar refractivity (Wildman–Crippen MR) is 81.6 cm³/mol. The lowest BCUT2D eigenvalue weighted by atomic mass is 10.2. The largest absolute Gasteiger partial charge is 0.351 e. The first-order valence-electron chi connectivity index (χ1n) is 6.20. The Hall–Kier alpha value is -1.11. The number of benzene rings is 1. The van der Waals surface area contributed by atoms with Gasteiger partial charge in [-0.15, -0.1) is 12.4 Å². The summed E-state index contributed by atoms with van der Waals surface area (Å²) in [6.45, 7) is 3.39. The molecule has 0 radical (unpaired) electrons. The Balaban J connectivity index is 0.00000361. The summed E-state index contributed by atoms with van der Waals surface area (Å²) in [5, 5.41) is 2.65. The van der Waals surface area contributed by atoms with Crippen molar-refractivity contribution in [3.05, 3.63) is 30.3 Å². The van der Waals surface area contributed by atoms with Crippen molar-refractivity contribution >= 4 is 28.2 Å². The second-order valence-corrected chi connectivity index (χ2v) is 6.53. The molecule has 0 bridgehead atoms. The van der Waals surface area contributed by atoms with Crippen LogP contribution in [0.3, 0.4) is 0 Å². The lowest BCUT2D eigenvalue weighted by Crippen LogP contribution is -2.46. The monoisotopic (exact) mass is 320 g/mol. The molecule has 1 rings (SSSR count). The van der Waals surface area contributed by atoms with E-state index in [9.17, 15) is 13.2 Å². The van der Waals surface area contributed by atoms with Crippen LogP contribution in [0, 0.1) is 0 Å². The number of carbonyl (C=O) groups excluding carboxylic acids is 1. The highest BCUT2D eigenvalue weighted by molar-refractivity contribution is 7.91. The minimum atomic E-state index is -3.40. The second kappa shape index (κ2) is 8.24. The number of halogens is 1. The topological polar surface area (TPSA) is 89.3 Å². The molecule has 0 spiro atoms. The first-order chi connectivity index (χ1) is 8.86. The molecular weight excluding hydrogens is 300 g/mol. The van der Waals surface area contributed by atoms with Crippen molar-refractivity contribution in [3.63, 3.8) is 0 Å². The van der Waals surface area contributed by atoms with E-state index in [0.29, 0.717) is 6.42 Å². The number of hydrogen-bond donors (Lipinski definition) is 2. The molecule has 3 N–H and O–H groups in total. The zero-order valence-electron chi connectivity index (χ0n) is 11.6. The van der Waals surface area contributed by atoms with Crippen LogP contribution in [0.25, 0.3) is 0 Å². The normalized spacial score (nSPS) is 13.9. The summed E-state index contributed by atoms with van der Waals surface area (Å²) in [7, 11) is -3.40. The summed E-state index contributed by atoms with van der Waals surface area (Å²) in [6.07, 6.45) is 0.532. The van der Waals surface area contributed by atoms with Gasteiger partial charge in [-0.2, -0.15) is 0 Å². The van der Waals surface area contributed by atoms with Gasteiger partial charge in [-0.25, -0.2) is 8.42 Å². The molecule has 0 saturated carbocycles. The average Bonchev–Trinajstić information content (AvgIpc) is 2.38. The standard InChI is InChI=1S/C13H20N2O3S.ClH/c1-3-11(15-13(16)10(2)14)9-19(17,18)12-7-5-4-6-8-12;/h4-8,10-11H,3,9,14H2,1-2H3,(H,15,16);1H. The Morgan fingerprint density at radius 3 is 2.30 bits per heavy atom. The second-order valence-electron chi connectivity index (χ2n) is 4.50. The predicted octanol–water partition coefficient (Wildman–Crippen LogP) is 1.12. The molecule has 1 aromatic carbocycles. The van der Waals surface area contributed by atoms with Gasteiger partial charge in [0, 0.05) is 6.04 Å². The van der Waals surface area contributed by atoms with Crippen LogP contribution >= 0.6 is 12.4 Å². The van der Waals surface area contributed by atoms with Crippen LogP contribution in [0.1, 0.15) is 20.3 Å². The number of nitrogens with one attached hydrogen (secondary N) is 1. The Labute approximate surface area is 126 Å². The summed E-state index contributed by atoms with van der Waals surface area (Å²) >= 11 is 0. The summed E-state index contributed by atoms with van der Waals surface area (Å²) in [5.41, 5.74) is 5.45. The van der Waals surface area contributed by atoms with Crippen LogP contribution in [0.4, 0.5) is 0 Å². The van der Waals surface area contributed by atoms with Crippen molar-refractivity contribution in [2.75, 3.05) is 5.75 Å². The van der Waals surface area contributed by atoms with Gasteiger partial charge >= 0.3 is 0 Å². The zero-order chi connectivity index (χ0) is 14.5. The van der Waals surface area contributed by atoms with Crippen LogP contribution in [0.2, 0.25) is 0 Å². The van der Waals surface area contributed by atoms with Crippen molar-refractivity contribution in [3.8, 4) is 0 Å². The van der Waals surface area contributed by atoms with E-state index >= 15 is 0 Å². The lowest BCUT2D eigenvalue weighted by molar-refractivity contribution is -0.122. The van der Waals surface area contributed by atoms with Crippen LogP contribution in [-0.4, -0.2) is 32.2 Å². The maximum absolute atomic E-state index is 12.2. The minimum absolute atomic E-state index is 0. The summed E-state index contributed by atoms with van der Waals surface area (Å²) < 4.78 is 24.3. The number of carbonyl (C=O) groups is 1. The van der Waals surface area contributed by atoms with E-state index in [4.69, 9.17) is 5.73 Å². The Morgan fingerprint density at radius 1 is 1.30 bits per heavy atom. The summed E-state index contributed by atoms with van der Waals surface area (Å²) in [4.78, 5) is 11.8. The van der Waals surface area contributed by atoms with Gasteiger partial charge in [0.15, 0.2) is 9.84 Å². The van der Waals surface area contributed by atoms with Gasteiger partial charge in [-0.3, -0.25) is 4.79 Å². The van der Waals surface area contributed by atoms with E-state index in [-0.39, 0.29) is 29.0 Å². The third kappa shape index (κ3) is 5.48. The lowest BCUT2D eigenvalue weighted by Gasteiger charge is -2.18. The molecular formula is C13H21ClN2O3S. The molecule has 5 nitrogen and oxygen atoms in total. The van der Waals surface area contributed by atoms with E-state index in [1.807, 2.05) is 6.92 Å². The highest BCUT2D eigenvalue weighted by Gasteiger charge is 2.22. The molecule has 2 unspecified atom stereocenters. The Kier molecular flexibility index (Phi) is 7.78. The number of hydrogen-bond acceptors (Lipinski definition) is 4. The highest BCUT2D eigenvalue weighted by Crippen LogP contribution is 2.12. The van der Waals surface area contributed by atoms with E-state index in [1.54, 1.807) is 37.3 Å². The molecule has 2 atom stereocenters. The fraction of sp³-hybridized carbons (Fsp3) is 0.462. The third-order valence-electron chi connectivity index (χ3n) is 2.78. The van der Waals surface area contributed by atoms with E-state index in [2.05, 4.69) is 5.32 Å². The van der Waals surface area contributed by atoms with Gasteiger partial charge in [0.25, 0.3) is 0 Å². The molecule has 0 aliphatic rings. The first-order valence-corrected chi connectivity index (χ1v) is 7.85. The van der Waals surface area contributed by atoms with Crippen molar-refractivity contribution < 1.29 is 13.2 Å². The number of sulfone groups is 1. The highest BCUT2D eigenvalue weighted by atomic mass is 35.5. The minimum Gasteiger partial charge on any atom is -0.351 e. The molecule has 0 heterocycles. The molecule has 0 fully saturated rings. The van der Waals surface area contributed by atoms with Gasteiger partial charge in [0.2, 0.25) is 5.91 Å². The van der Waals surface area contributed by atoms with Crippen LogP contribution in [0.15, 0.2) is 35.2 Å². The Bertz CT molecular complexity index is 518. The van der Waals surface area contributed by atoms with Crippen molar-refractivity contribution in [2.45, 2.75) is 37.2 Å². The van der Waals surface area contributed by atoms with Crippen molar-refractivity contribution in [2.24, 2.45) is 5.73 Å². The molecule has 20 heavy (non-hydrogen) atoms. The fourth-order valence-corrected chi connectivity index (χ4v) is 3.20. The van der Waals surface area contributed by atoms with E-state index in [1.165, 1.54) is 0 Å². The van der Waals surface area contributed by atoms with Crippen molar-refractivity contribution in [1.82, 2.24) is 5.32 Å². The summed E-state index contributed by atoms with van der Waals surface area (Å²) in [6, 6.07) is 7.14.